The van der Waals surface area contributed by atoms with Gasteiger partial charge in [0.2, 0.25) is 0 Å². The number of benzene rings is 2. The van der Waals surface area contributed by atoms with Gasteiger partial charge in [0.1, 0.15) is 5.75 Å². The van der Waals surface area contributed by atoms with Gasteiger partial charge in [-0.3, -0.25) is 4.79 Å². The highest BCUT2D eigenvalue weighted by molar-refractivity contribution is 5.84. The van der Waals surface area contributed by atoms with Crippen molar-refractivity contribution in [1.82, 2.24) is 5.32 Å². The molecule has 3 rings (SSSR count). The van der Waals surface area contributed by atoms with Crippen molar-refractivity contribution in [2.45, 2.75) is 51.4 Å². The Morgan fingerprint density at radius 1 is 1.10 bits per heavy atom. The van der Waals surface area contributed by atoms with Crippen LogP contribution >= 0.6 is 0 Å². The Morgan fingerprint density at radius 3 is 2.55 bits per heavy atom. The van der Waals surface area contributed by atoms with Crippen LogP contribution in [0.2, 0.25) is 0 Å². The molecule has 1 amide bonds. The van der Waals surface area contributed by atoms with Crippen molar-refractivity contribution in [3.05, 3.63) is 65.2 Å². The van der Waals surface area contributed by atoms with E-state index in [2.05, 4.69) is 11.4 Å². The van der Waals surface area contributed by atoms with Crippen molar-refractivity contribution in [2.75, 3.05) is 0 Å². The summed E-state index contributed by atoms with van der Waals surface area (Å²) in [5.41, 5.74) is 2.88. The maximum absolute atomic E-state index is 12.5. The summed E-state index contributed by atoms with van der Waals surface area (Å²) in [4.78, 5) is 24.8. The molecule has 0 heterocycles. The van der Waals surface area contributed by atoms with Gasteiger partial charge in [-0.2, -0.15) is 5.26 Å². The molecule has 0 radical (unpaired) electrons. The molecule has 0 aliphatic heterocycles. The Balaban J connectivity index is 1.53. The standard InChI is InChI=1S/C23H24N2O4/c1-15(22(26)25-21-9-5-7-18-6-3-4-8-20(18)21)29-23(27)16(2)28-19-12-10-17(14-24)11-13-19/h3-4,6,8,10-13,15-16,21H,5,7,9H2,1-2H3,(H,25,26)/t15-,16-,21+/m1/s1. The predicted molar refractivity (Wildman–Crippen MR) is 107 cm³/mol. The molecular formula is C23H24N2O4. The van der Waals surface area contributed by atoms with Gasteiger partial charge >= 0.3 is 5.97 Å². The third-order valence-electron chi connectivity index (χ3n) is 4.98. The predicted octanol–water partition coefficient (Wildman–Crippen LogP) is 3.45. The van der Waals surface area contributed by atoms with Crippen LogP contribution in [0, 0.1) is 11.3 Å². The normalized spacial score (nSPS) is 17.2. The molecule has 6 heteroatoms. The SMILES string of the molecule is C[C@@H](OC(=O)[C@@H](C)Oc1ccc(C#N)cc1)C(=O)N[C@H]1CCCc2ccccc21. The Labute approximate surface area is 170 Å². The second kappa shape index (κ2) is 9.24. The van der Waals surface area contributed by atoms with E-state index >= 15 is 0 Å². The number of hydrogen-bond donors (Lipinski definition) is 1. The van der Waals surface area contributed by atoms with Crippen molar-refractivity contribution in [3.8, 4) is 11.8 Å². The number of aryl methyl sites for hydroxylation is 1. The van der Waals surface area contributed by atoms with Gasteiger partial charge in [-0.25, -0.2) is 4.79 Å². The number of amides is 1. The first-order chi connectivity index (χ1) is 14.0. The smallest absolute Gasteiger partial charge is 0.347 e. The topological polar surface area (TPSA) is 88.4 Å². The number of nitrogens with one attached hydrogen (secondary N) is 1. The Kier molecular flexibility index (Phi) is 6.50. The number of esters is 1. The van der Waals surface area contributed by atoms with Crippen LogP contribution in [0.4, 0.5) is 0 Å². The minimum absolute atomic E-state index is 0.0686. The van der Waals surface area contributed by atoms with Crippen LogP contribution in [-0.2, 0) is 20.7 Å². The molecule has 1 aliphatic rings. The molecule has 6 nitrogen and oxygen atoms in total. The first-order valence-electron chi connectivity index (χ1n) is 9.73. The summed E-state index contributed by atoms with van der Waals surface area (Å²) >= 11 is 0. The maximum Gasteiger partial charge on any atom is 0.347 e. The molecule has 150 valence electrons. The quantitative estimate of drug-likeness (QED) is 0.761. The van der Waals surface area contributed by atoms with E-state index in [1.165, 1.54) is 5.56 Å². The molecule has 1 N–H and O–H groups in total. The largest absolute Gasteiger partial charge is 0.479 e. The number of nitrogens with zero attached hydrogens (tertiary/aromatic N) is 1. The lowest BCUT2D eigenvalue weighted by molar-refractivity contribution is -0.161. The van der Waals surface area contributed by atoms with Crippen molar-refractivity contribution < 1.29 is 19.1 Å². The molecule has 1 aliphatic carbocycles. The monoisotopic (exact) mass is 392 g/mol. The number of nitriles is 1. The molecule has 0 unspecified atom stereocenters. The van der Waals surface area contributed by atoms with Gasteiger partial charge < -0.3 is 14.8 Å². The van der Waals surface area contributed by atoms with Crippen LogP contribution in [-0.4, -0.2) is 24.1 Å². The van der Waals surface area contributed by atoms with E-state index in [0.717, 1.165) is 24.8 Å². The number of hydrogen-bond acceptors (Lipinski definition) is 5. The lowest BCUT2D eigenvalue weighted by Crippen LogP contribution is -2.41. The third-order valence-corrected chi connectivity index (χ3v) is 4.98. The minimum Gasteiger partial charge on any atom is -0.479 e. The van der Waals surface area contributed by atoms with E-state index in [1.54, 1.807) is 38.1 Å². The number of carbonyl (C=O) groups is 2. The van der Waals surface area contributed by atoms with Gasteiger partial charge in [0.05, 0.1) is 17.7 Å². The number of ether oxygens (including phenoxy) is 2. The van der Waals surface area contributed by atoms with E-state index < -0.39 is 18.2 Å². The highest BCUT2D eigenvalue weighted by Gasteiger charge is 2.27. The van der Waals surface area contributed by atoms with Gasteiger partial charge in [0, 0.05) is 0 Å². The summed E-state index contributed by atoms with van der Waals surface area (Å²) in [7, 11) is 0. The van der Waals surface area contributed by atoms with Crippen molar-refractivity contribution in [2.24, 2.45) is 0 Å². The number of carbonyl (C=O) groups excluding carboxylic acids is 2. The van der Waals surface area contributed by atoms with Crippen LogP contribution in [0.3, 0.4) is 0 Å². The zero-order valence-corrected chi connectivity index (χ0v) is 16.6. The van der Waals surface area contributed by atoms with E-state index in [4.69, 9.17) is 14.7 Å². The molecule has 0 saturated heterocycles. The molecule has 3 atom stereocenters. The number of rotatable bonds is 6. The second-order valence-corrected chi connectivity index (χ2v) is 7.13. The summed E-state index contributed by atoms with van der Waals surface area (Å²) in [5, 5.41) is 11.8. The first-order valence-corrected chi connectivity index (χ1v) is 9.73. The Morgan fingerprint density at radius 2 is 1.83 bits per heavy atom. The molecule has 2 aromatic rings. The van der Waals surface area contributed by atoms with Crippen molar-refractivity contribution in [3.63, 3.8) is 0 Å². The molecule has 0 aromatic heterocycles. The molecular weight excluding hydrogens is 368 g/mol. The average Bonchev–Trinajstić information content (AvgIpc) is 2.74. The van der Waals surface area contributed by atoms with Crippen molar-refractivity contribution >= 4 is 11.9 Å². The van der Waals surface area contributed by atoms with E-state index in [0.29, 0.717) is 11.3 Å². The molecule has 0 spiro atoms. The molecule has 0 saturated carbocycles. The average molecular weight is 392 g/mol. The van der Waals surface area contributed by atoms with Crippen molar-refractivity contribution in [1.29, 1.82) is 5.26 Å². The van der Waals surface area contributed by atoms with Gasteiger partial charge in [0.25, 0.3) is 5.91 Å². The van der Waals surface area contributed by atoms with Crippen LogP contribution in [0.25, 0.3) is 0 Å². The van der Waals surface area contributed by atoms with Crippen LogP contribution in [0.1, 0.15) is 49.4 Å². The van der Waals surface area contributed by atoms with Gasteiger partial charge in [-0.15, -0.1) is 0 Å². The highest BCUT2D eigenvalue weighted by atomic mass is 16.6. The maximum atomic E-state index is 12.5. The summed E-state index contributed by atoms with van der Waals surface area (Å²) in [6.45, 7) is 3.11. The van der Waals surface area contributed by atoms with Crippen LogP contribution < -0.4 is 10.1 Å². The van der Waals surface area contributed by atoms with Gasteiger partial charge in [-0.1, -0.05) is 24.3 Å². The highest BCUT2D eigenvalue weighted by Crippen LogP contribution is 2.29. The van der Waals surface area contributed by atoms with Crippen LogP contribution in [0.15, 0.2) is 48.5 Å². The molecule has 0 bridgehead atoms. The summed E-state index contributed by atoms with van der Waals surface area (Å²) in [6, 6.07) is 16.5. The fourth-order valence-electron chi connectivity index (χ4n) is 3.38. The molecule has 29 heavy (non-hydrogen) atoms. The third kappa shape index (κ3) is 5.14. The summed E-state index contributed by atoms with van der Waals surface area (Å²) in [6.07, 6.45) is 1.07. The van der Waals surface area contributed by atoms with E-state index in [9.17, 15) is 9.59 Å². The lowest BCUT2D eigenvalue weighted by atomic mass is 9.87. The van der Waals surface area contributed by atoms with Gasteiger partial charge in [-0.05, 0) is 68.5 Å². The summed E-state index contributed by atoms with van der Waals surface area (Å²) < 4.78 is 10.8. The van der Waals surface area contributed by atoms with E-state index in [-0.39, 0.29) is 11.9 Å². The fourth-order valence-corrected chi connectivity index (χ4v) is 3.38. The second-order valence-electron chi connectivity index (χ2n) is 7.13. The number of fused-ring (bicyclic) bond motifs is 1. The minimum atomic E-state index is -0.927. The van der Waals surface area contributed by atoms with Crippen LogP contribution in [0.5, 0.6) is 5.75 Å². The Hall–Kier alpha value is -3.33. The molecule has 0 fully saturated rings. The Bertz CT molecular complexity index is 917. The lowest BCUT2D eigenvalue weighted by Gasteiger charge is -2.27. The fraction of sp³-hybridized carbons (Fsp3) is 0.348. The molecule has 2 aromatic carbocycles. The summed E-state index contributed by atoms with van der Waals surface area (Å²) in [5.74, 6) is -0.504. The van der Waals surface area contributed by atoms with E-state index in [1.807, 2.05) is 24.3 Å². The zero-order chi connectivity index (χ0) is 20.8. The van der Waals surface area contributed by atoms with Gasteiger partial charge in [0.15, 0.2) is 12.2 Å². The first kappa shape index (κ1) is 20.4. The zero-order valence-electron chi connectivity index (χ0n) is 16.6.